The van der Waals surface area contributed by atoms with Crippen molar-refractivity contribution < 1.29 is 18.0 Å². The second-order valence-electron chi connectivity index (χ2n) is 7.25. The van der Waals surface area contributed by atoms with Gasteiger partial charge in [-0.2, -0.15) is 0 Å². The predicted octanol–water partition coefficient (Wildman–Crippen LogP) is 4.26. The van der Waals surface area contributed by atoms with Gasteiger partial charge < -0.3 is 5.32 Å². The molecule has 0 fully saturated rings. The van der Waals surface area contributed by atoms with Crippen molar-refractivity contribution in [3.05, 3.63) is 77.4 Å². The minimum absolute atomic E-state index is 0.0865. The lowest BCUT2D eigenvalue weighted by atomic mass is 9.96. The molecule has 0 spiro atoms. The Kier molecular flexibility index (Phi) is 4.70. The smallest absolute Gasteiger partial charge is 0.264 e. The van der Waals surface area contributed by atoms with Crippen LogP contribution in [-0.2, 0) is 10.0 Å². The topological polar surface area (TPSA) is 83.5 Å². The fourth-order valence-electron chi connectivity index (χ4n) is 3.73. The molecule has 30 heavy (non-hydrogen) atoms. The molecule has 0 saturated heterocycles. The molecule has 1 aliphatic heterocycles. The molecule has 1 amide bonds. The van der Waals surface area contributed by atoms with Crippen LogP contribution in [0.3, 0.4) is 0 Å². The van der Waals surface area contributed by atoms with E-state index >= 15 is 0 Å². The number of carbonyl (C=O) groups is 2. The van der Waals surface area contributed by atoms with Gasteiger partial charge in [0.25, 0.3) is 15.9 Å². The Morgan fingerprint density at radius 2 is 1.63 bits per heavy atom. The van der Waals surface area contributed by atoms with Crippen LogP contribution in [0.1, 0.15) is 33.2 Å². The molecule has 0 aromatic heterocycles. The van der Waals surface area contributed by atoms with Gasteiger partial charge in [0.2, 0.25) is 0 Å². The summed E-state index contributed by atoms with van der Waals surface area (Å²) in [5.74, 6) is -0.424. The average Bonchev–Trinajstić information content (AvgIpc) is 2.72. The molecule has 7 heteroatoms. The molecular weight excluding hydrogens is 400 g/mol. The molecule has 1 aliphatic rings. The highest BCUT2D eigenvalue weighted by Crippen LogP contribution is 2.44. The van der Waals surface area contributed by atoms with Crippen LogP contribution in [-0.4, -0.2) is 27.2 Å². The molecule has 0 radical (unpaired) electrons. The first-order valence-electron chi connectivity index (χ1n) is 9.35. The van der Waals surface area contributed by atoms with Crippen LogP contribution in [0.5, 0.6) is 0 Å². The van der Waals surface area contributed by atoms with Gasteiger partial charge in [-0.15, -0.1) is 0 Å². The maximum atomic E-state index is 12.9. The van der Waals surface area contributed by atoms with E-state index in [1.54, 1.807) is 67.6 Å². The van der Waals surface area contributed by atoms with E-state index in [0.29, 0.717) is 39.2 Å². The number of sulfonamides is 1. The minimum atomic E-state index is -3.65. The van der Waals surface area contributed by atoms with Crippen LogP contribution in [0.25, 0.3) is 11.1 Å². The van der Waals surface area contributed by atoms with Crippen molar-refractivity contribution in [3.8, 4) is 11.1 Å². The summed E-state index contributed by atoms with van der Waals surface area (Å²) in [5.41, 5.74) is 3.92. The number of aryl methyl sites for hydroxylation is 1. The first-order chi connectivity index (χ1) is 14.2. The number of fused-ring (bicyclic) bond motifs is 3. The monoisotopic (exact) mass is 420 g/mol. The lowest BCUT2D eigenvalue weighted by Crippen LogP contribution is -2.31. The third-order valence-corrected chi connectivity index (χ3v) is 7.04. The highest BCUT2D eigenvalue weighted by atomic mass is 32.2. The van der Waals surface area contributed by atoms with Gasteiger partial charge in [-0.25, -0.2) is 8.42 Å². The number of nitrogens with zero attached hydrogens (tertiary/aromatic N) is 1. The second-order valence-corrected chi connectivity index (χ2v) is 9.19. The van der Waals surface area contributed by atoms with Gasteiger partial charge in [0, 0.05) is 35.0 Å². The van der Waals surface area contributed by atoms with E-state index in [1.807, 2.05) is 0 Å². The largest absolute Gasteiger partial charge is 0.322 e. The number of nitrogens with one attached hydrogen (secondary N) is 1. The SMILES string of the molecule is CC(=O)c1cccc(NC(=O)c2cc(C)c3c(c2)-c2ccccc2S(=O)(=O)N3C)c1. The molecule has 0 saturated carbocycles. The Balaban J connectivity index is 1.79. The molecule has 0 atom stereocenters. The van der Waals surface area contributed by atoms with Gasteiger partial charge >= 0.3 is 0 Å². The zero-order chi connectivity index (χ0) is 21.6. The van der Waals surface area contributed by atoms with Crippen molar-refractivity contribution in [2.75, 3.05) is 16.7 Å². The third-order valence-electron chi connectivity index (χ3n) is 5.22. The van der Waals surface area contributed by atoms with E-state index in [1.165, 1.54) is 18.3 Å². The zero-order valence-electron chi connectivity index (χ0n) is 16.8. The number of ketones is 1. The molecular formula is C23H20N2O4S. The standard InChI is InChI=1S/C23H20N2O4S/c1-14-11-17(23(27)24-18-8-6-7-16(12-18)15(2)26)13-20-19-9-4-5-10-21(19)30(28,29)25(3)22(14)20/h4-13H,1-3H3,(H,24,27). The summed E-state index contributed by atoms with van der Waals surface area (Å²) in [6.45, 7) is 3.25. The van der Waals surface area contributed by atoms with Gasteiger partial charge in [0.05, 0.1) is 10.6 Å². The maximum Gasteiger partial charge on any atom is 0.264 e. The molecule has 4 rings (SSSR count). The molecule has 1 heterocycles. The van der Waals surface area contributed by atoms with Crippen molar-refractivity contribution >= 4 is 33.1 Å². The van der Waals surface area contributed by atoms with Gasteiger partial charge in [-0.1, -0.05) is 30.3 Å². The summed E-state index contributed by atoms with van der Waals surface area (Å²) < 4.78 is 27.0. The quantitative estimate of drug-likeness (QED) is 0.642. The third kappa shape index (κ3) is 3.17. The number of carbonyl (C=O) groups excluding carboxylic acids is 2. The predicted molar refractivity (Wildman–Crippen MR) is 117 cm³/mol. The second kappa shape index (κ2) is 7.11. The van der Waals surface area contributed by atoms with Crippen LogP contribution in [0.2, 0.25) is 0 Å². The molecule has 3 aromatic rings. The summed E-state index contributed by atoms with van der Waals surface area (Å²) in [6.07, 6.45) is 0. The van der Waals surface area contributed by atoms with Crippen LogP contribution < -0.4 is 9.62 Å². The summed E-state index contributed by atoms with van der Waals surface area (Å²) in [4.78, 5) is 24.7. The van der Waals surface area contributed by atoms with Crippen molar-refractivity contribution in [1.29, 1.82) is 0 Å². The summed E-state index contributed by atoms with van der Waals surface area (Å²) in [5, 5.41) is 2.82. The molecule has 152 valence electrons. The Morgan fingerprint density at radius 3 is 2.37 bits per heavy atom. The number of rotatable bonds is 3. The number of benzene rings is 3. The fraction of sp³-hybridized carbons (Fsp3) is 0.130. The number of Topliss-reactive ketones (excluding diaryl/α,β-unsaturated/α-hetero) is 1. The molecule has 1 N–H and O–H groups in total. The number of hydrogen-bond acceptors (Lipinski definition) is 4. The Morgan fingerprint density at radius 1 is 0.900 bits per heavy atom. The Labute approximate surface area is 175 Å². The number of amides is 1. The fourth-order valence-corrected chi connectivity index (χ4v) is 5.22. The van der Waals surface area contributed by atoms with Crippen molar-refractivity contribution in [1.82, 2.24) is 0 Å². The van der Waals surface area contributed by atoms with Gasteiger partial charge in [0.1, 0.15) is 0 Å². The Hall–Kier alpha value is -3.45. The molecule has 0 unspecified atom stereocenters. The van der Waals surface area contributed by atoms with Crippen molar-refractivity contribution in [2.24, 2.45) is 0 Å². The van der Waals surface area contributed by atoms with Crippen molar-refractivity contribution in [2.45, 2.75) is 18.7 Å². The first-order valence-corrected chi connectivity index (χ1v) is 10.8. The van der Waals surface area contributed by atoms with Crippen molar-refractivity contribution in [3.63, 3.8) is 0 Å². The lowest BCUT2D eigenvalue weighted by molar-refractivity contribution is 0.101. The molecule has 3 aromatic carbocycles. The highest BCUT2D eigenvalue weighted by molar-refractivity contribution is 7.93. The van der Waals surface area contributed by atoms with E-state index < -0.39 is 10.0 Å². The highest BCUT2D eigenvalue weighted by Gasteiger charge is 2.33. The summed E-state index contributed by atoms with van der Waals surface area (Å²) in [7, 11) is -2.13. The van der Waals surface area contributed by atoms with Crippen LogP contribution in [0.4, 0.5) is 11.4 Å². The summed E-state index contributed by atoms with van der Waals surface area (Å²) >= 11 is 0. The van der Waals surface area contributed by atoms with E-state index in [-0.39, 0.29) is 16.6 Å². The molecule has 6 nitrogen and oxygen atoms in total. The van der Waals surface area contributed by atoms with E-state index in [9.17, 15) is 18.0 Å². The lowest BCUT2D eigenvalue weighted by Gasteiger charge is -2.31. The minimum Gasteiger partial charge on any atom is -0.322 e. The maximum absolute atomic E-state index is 12.9. The normalized spacial score (nSPS) is 13.9. The zero-order valence-corrected chi connectivity index (χ0v) is 17.6. The number of hydrogen-bond donors (Lipinski definition) is 1. The van der Waals surface area contributed by atoms with E-state index in [2.05, 4.69) is 5.32 Å². The van der Waals surface area contributed by atoms with Gasteiger partial charge in [-0.05, 0) is 49.7 Å². The Bertz CT molecular complexity index is 1310. The van der Waals surface area contributed by atoms with Gasteiger partial charge in [-0.3, -0.25) is 13.9 Å². The van der Waals surface area contributed by atoms with E-state index in [0.717, 1.165) is 0 Å². The van der Waals surface area contributed by atoms with E-state index in [4.69, 9.17) is 0 Å². The molecule has 0 bridgehead atoms. The van der Waals surface area contributed by atoms with Crippen LogP contribution in [0, 0.1) is 6.92 Å². The average molecular weight is 420 g/mol. The van der Waals surface area contributed by atoms with Gasteiger partial charge in [0.15, 0.2) is 5.78 Å². The van der Waals surface area contributed by atoms with Crippen LogP contribution in [0.15, 0.2) is 65.6 Å². The molecule has 0 aliphatic carbocycles. The number of anilines is 2. The first kappa shape index (κ1) is 19.8. The van der Waals surface area contributed by atoms with Crippen LogP contribution >= 0.6 is 0 Å². The summed E-state index contributed by atoms with van der Waals surface area (Å²) in [6, 6.07) is 16.9.